The van der Waals surface area contributed by atoms with Crippen LogP contribution in [0.4, 0.5) is 5.69 Å². The number of anilines is 1. The fourth-order valence-electron chi connectivity index (χ4n) is 6.00. The minimum Gasteiger partial charge on any atom is -0.441 e. The molecule has 1 amide bonds. The summed E-state index contributed by atoms with van der Waals surface area (Å²) in [6.07, 6.45) is 5.07. The number of hydrogen-bond acceptors (Lipinski definition) is 5. The molecule has 2 aliphatic rings. The molecule has 1 fully saturated rings. The number of piperidine rings is 1. The Bertz CT molecular complexity index is 1380. The van der Waals surface area contributed by atoms with Gasteiger partial charge in [-0.3, -0.25) is 9.59 Å². The van der Waals surface area contributed by atoms with Crippen LogP contribution < -0.4 is 4.90 Å². The van der Waals surface area contributed by atoms with Gasteiger partial charge in [-0.15, -0.1) is 0 Å². The van der Waals surface area contributed by atoms with Gasteiger partial charge in [-0.05, 0) is 93.0 Å². The van der Waals surface area contributed by atoms with E-state index in [1.807, 2.05) is 61.2 Å². The molecular weight excluding hydrogens is 498 g/mol. The van der Waals surface area contributed by atoms with Crippen molar-refractivity contribution in [3.05, 3.63) is 70.7 Å². The summed E-state index contributed by atoms with van der Waals surface area (Å²) in [6.45, 7) is 14.5. The highest BCUT2D eigenvalue weighted by molar-refractivity contribution is 6.08. The standard InChI is InChI=1S/C34H43N3O3/c1-23-22-27(33(39)37-20-16-29-32(40-24(2)35-29)28-8-6-7-9-30(28)37)11-10-25(23)12-13-31(38)26-14-18-36(19-15-26)21-17-34(3,4)5/h6-11,22,26H,12-21H2,1-5H3. The van der Waals surface area contributed by atoms with Crippen molar-refractivity contribution >= 4 is 17.4 Å². The first-order valence-corrected chi connectivity index (χ1v) is 14.8. The van der Waals surface area contributed by atoms with Crippen molar-refractivity contribution in [3.8, 4) is 11.3 Å². The average molecular weight is 542 g/mol. The summed E-state index contributed by atoms with van der Waals surface area (Å²) < 4.78 is 5.92. The van der Waals surface area contributed by atoms with Crippen molar-refractivity contribution in [2.75, 3.05) is 31.1 Å². The molecule has 0 unspecified atom stereocenters. The molecule has 5 rings (SSSR count). The number of aromatic nitrogens is 1. The number of rotatable bonds is 7. The highest BCUT2D eigenvalue weighted by Crippen LogP contribution is 2.37. The Labute approximate surface area is 238 Å². The third-order valence-corrected chi connectivity index (χ3v) is 8.51. The van der Waals surface area contributed by atoms with Gasteiger partial charge in [0.05, 0.1) is 11.4 Å². The smallest absolute Gasteiger partial charge is 0.258 e. The summed E-state index contributed by atoms with van der Waals surface area (Å²) in [6, 6.07) is 13.8. The minimum absolute atomic E-state index is 0.0294. The average Bonchev–Trinajstić information content (AvgIpc) is 3.24. The predicted molar refractivity (Wildman–Crippen MR) is 160 cm³/mol. The third kappa shape index (κ3) is 6.38. The molecule has 40 heavy (non-hydrogen) atoms. The van der Waals surface area contributed by atoms with Gasteiger partial charge in [0, 0.05) is 43.4 Å². The summed E-state index contributed by atoms with van der Waals surface area (Å²) in [5.41, 5.74) is 5.85. The van der Waals surface area contributed by atoms with Crippen LogP contribution in [0.3, 0.4) is 0 Å². The molecule has 3 heterocycles. The maximum Gasteiger partial charge on any atom is 0.258 e. The Balaban J connectivity index is 1.20. The van der Waals surface area contributed by atoms with Gasteiger partial charge in [0.1, 0.15) is 5.78 Å². The molecule has 0 radical (unpaired) electrons. The molecule has 2 aliphatic heterocycles. The fourth-order valence-corrected chi connectivity index (χ4v) is 6.00. The van der Waals surface area contributed by atoms with Crippen molar-refractivity contribution in [2.24, 2.45) is 11.3 Å². The van der Waals surface area contributed by atoms with E-state index in [0.717, 1.165) is 72.7 Å². The third-order valence-electron chi connectivity index (χ3n) is 8.51. The summed E-state index contributed by atoms with van der Waals surface area (Å²) in [5.74, 6) is 1.94. The van der Waals surface area contributed by atoms with Gasteiger partial charge < -0.3 is 14.2 Å². The molecule has 0 N–H and O–H groups in total. The second-order valence-electron chi connectivity index (χ2n) is 12.8. The molecule has 0 bridgehead atoms. The van der Waals surface area contributed by atoms with Gasteiger partial charge in [0.15, 0.2) is 11.7 Å². The summed E-state index contributed by atoms with van der Waals surface area (Å²) in [4.78, 5) is 35.7. The summed E-state index contributed by atoms with van der Waals surface area (Å²) >= 11 is 0. The quantitative estimate of drug-likeness (QED) is 0.329. The Morgan fingerprint density at radius 2 is 1.77 bits per heavy atom. The Morgan fingerprint density at radius 1 is 1.02 bits per heavy atom. The van der Waals surface area contributed by atoms with Crippen LogP contribution >= 0.6 is 0 Å². The number of hydrogen-bond donors (Lipinski definition) is 0. The van der Waals surface area contributed by atoms with E-state index in [1.165, 1.54) is 6.42 Å². The number of carbonyl (C=O) groups excluding carboxylic acids is 2. The van der Waals surface area contributed by atoms with Crippen LogP contribution in [0.15, 0.2) is 46.9 Å². The molecule has 0 saturated carbocycles. The van der Waals surface area contributed by atoms with Crippen LogP contribution in [0, 0.1) is 25.2 Å². The maximum absolute atomic E-state index is 13.7. The molecule has 0 spiro atoms. The molecule has 1 aromatic heterocycles. The molecule has 2 aromatic carbocycles. The predicted octanol–water partition coefficient (Wildman–Crippen LogP) is 6.81. The van der Waals surface area contributed by atoms with Gasteiger partial charge in [0.25, 0.3) is 5.91 Å². The number of para-hydroxylation sites is 1. The number of Topliss-reactive ketones (excluding diaryl/α,β-unsaturated/α-hetero) is 1. The Morgan fingerprint density at radius 3 is 2.50 bits per heavy atom. The normalized spacial score (nSPS) is 16.4. The molecule has 1 saturated heterocycles. The van der Waals surface area contributed by atoms with Crippen molar-refractivity contribution in [1.82, 2.24) is 9.88 Å². The van der Waals surface area contributed by atoms with Gasteiger partial charge in [-0.1, -0.05) is 39.0 Å². The summed E-state index contributed by atoms with van der Waals surface area (Å²) in [5, 5.41) is 0. The number of fused-ring (bicyclic) bond motifs is 3. The molecule has 6 nitrogen and oxygen atoms in total. The first-order valence-electron chi connectivity index (χ1n) is 14.8. The van der Waals surface area contributed by atoms with Crippen LogP contribution in [0.1, 0.15) is 79.5 Å². The number of ketones is 1. The van der Waals surface area contributed by atoms with Crippen molar-refractivity contribution in [1.29, 1.82) is 0 Å². The zero-order valence-corrected chi connectivity index (χ0v) is 24.8. The largest absolute Gasteiger partial charge is 0.441 e. The van der Waals surface area contributed by atoms with Crippen LogP contribution in [0.2, 0.25) is 0 Å². The van der Waals surface area contributed by atoms with Gasteiger partial charge >= 0.3 is 0 Å². The van der Waals surface area contributed by atoms with E-state index in [1.54, 1.807) is 0 Å². The Hall–Kier alpha value is -3.25. The van der Waals surface area contributed by atoms with Gasteiger partial charge in [0.2, 0.25) is 0 Å². The zero-order chi connectivity index (χ0) is 28.4. The molecule has 0 aliphatic carbocycles. The lowest BCUT2D eigenvalue weighted by Gasteiger charge is -2.33. The van der Waals surface area contributed by atoms with Crippen molar-refractivity contribution in [3.63, 3.8) is 0 Å². The van der Waals surface area contributed by atoms with E-state index in [2.05, 4.69) is 30.7 Å². The van der Waals surface area contributed by atoms with Crippen molar-refractivity contribution < 1.29 is 14.0 Å². The Kier molecular flexibility index (Phi) is 8.27. The molecule has 212 valence electrons. The lowest BCUT2D eigenvalue weighted by atomic mass is 9.87. The van der Waals surface area contributed by atoms with Crippen LogP contribution in [-0.4, -0.2) is 47.8 Å². The van der Waals surface area contributed by atoms with Crippen molar-refractivity contribution in [2.45, 2.75) is 73.1 Å². The SMILES string of the molecule is Cc1nc2c(o1)-c1ccccc1N(C(=O)c1ccc(CCC(=O)C3CCN(CCC(C)(C)C)CC3)c(C)c1)CC2. The lowest BCUT2D eigenvalue weighted by Crippen LogP contribution is -2.38. The molecular formula is C34H43N3O3. The van der Waals surface area contributed by atoms with E-state index < -0.39 is 0 Å². The second kappa shape index (κ2) is 11.7. The van der Waals surface area contributed by atoms with Gasteiger partial charge in [-0.25, -0.2) is 4.98 Å². The number of likely N-dealkylation sites (tertiary alicyclic amines) is 1. The zero-order valence-electron chi connectivity index (χ0n) is 24.8. The first-order chi connectivity index (χ1) is 19.1. The number of amides is 1. The maximum atomic E-state index is 13.7. The van der Waals surface area contributed by atoms with E-state index in [9.17, 15) is 9.59 Å². The summed E-state index contributed by atoms with van der Waals surface area (Å²) in [7, 11) is 0. The molecule has 3 aromatic rings. The minimum atomic E-state index is -0.0294. The van der Waals surface area contributed by atoms with E-state index in [4.69, 9.17) is 4.42 Å². The fraction of sp³-hybridized carbons (Fsp3) is 0.500. The van der Waals surface area contributed by atoms with Gasteiger partial charge in [-0.2, -0.15) is 0 Å². The lowest BCUT2D eigenvalue weighted by molar-refractivity contribution is -0.124. The van der Waals surface area contributed by atoms with E-state index in [-0.39, 0.29) is 11.8 Å². The second-order valence-corrected chi connectivity index (χ2v) is 12.8. The number of nitrogens with zero attached hydrogens (tertiary/aromatic N) is 3. The van der Waals surface area contributed by atoms with Crippen LogP contribution in [0.25, 0.3) is 11.3 Å². The number of aryl methyl sites for hydroxylation is 3. The number of oxazole rings is 1. The highest BCUT2D eigenvalue weighted by Gasteiger charge is 2.29. The van der Waals surface area contributed by atoms with E-state index >= 15 is 0 Å². The van der Waals surface area contributed by atoms with Crippen LogP contribution in [0.5, 0.6) is 0 Å². The molecule has 0 atom stereocenters. The number of benzene rings is 2. The first kappa shape index (κ1) is 28.3. The monoisotopic (exact) mass is 541 g/mol. The number of carbonyl (C=O) groups is 2. The van der Waals surface area contributed by atoms with Crippen LogP contribution in [-0.2, 0) is 17.6 Å². The topological polar surface area (TPSA) is 66.7 Å². The highest BCUT2D eigenvalue weighted by atomic mass is 16.4. The van der Waals surface area contributed by atoms with E-state index in [0.29, 0.717) is 42.0 Å². The molecule has 6 heteroatoms.